The van der Waals surface area contributed by atoms with E-state index in [-0.39, 0.29) is 52.6 Å². The first-order valence-electron chi connectivity index (χ1n) is 15.6. The quantitative estimate of drug-likeness (QED) is 0.219. The van der Waals surface area contributed by atoms with Crippen LogP contribution in [0.5, 0.6) is 11.5 Å². The molecule has 4 aliphatic rings. The van der Waals surface area contributed by atoms with E-state index in [9.17, 15) is 29.5 Å². The lowest BCUT2D eigenvalue weighted by atomic mass is 9.70. The van der Waals surface area contributed by atoms with E-state index in [0.717, 1.165) is 51.4 Å². The molecule has 1 aliphatic heterocycles. The van der Waals surface area contributed by atoms with E-state index >= 15 is 0 Å². The van der Waals surface area contributed by atoms with Gasteiger partial charge in [-0.25, -0.2) is 4.79 Å². The summed E-state index contributed by atoms with van der Waals surface area (Å²) in [4.78, 5) is 54.4. The van der Waals surface area contributed by atoms with E-state index in [1.165, 1.54) is 18.2 Å². The number of nitroso groups, excluding NO2 is 1. The molecule has 230 valence electrons. The summed E-state index contributed by atoms with van der Waals surface area (Å²) in [5.74, 6) is -1.58. The first-order valence-corrected chi connectivity index (χ1v) is 15.6. The lowest BCUT2D eigenvalue weighted by Crippen LogP contribution is -2.56. The van der Waals surface area contributed by atoms with Gasteiger partial charge in [0.1, 0.15) is 18.2 Å². The smallest absolute Gasteiger partial charge is 0.329 e. The van der Waals surface area contributed by atoms with Crippen LogP contribution in [-0.4, -0.2) is 63.7 Å². The molecule has 3 N–H and O–H groups in total. The maximum absolute atomic E-state index is 14.1. The van der Waals surface area contributed by atoms with Gasteiger partial charge in [-0.3, -0.25) is 9.59 Å². The van der Waals surface area contributed by atoms with Crippen molar-refractivity contribution in [3.63, 3.8) is 0 Å². The van der Waals surface area contributed by atoms with Gasteiger partial charge in [-0.15, -0.1) is 4.91 Å². The van der Waals surface area contributed by atoms with Gasteiger partial charge in [-0.1, -0.05) is 51.3 Å². The molecule has 0 aromatic heterocycles. The molecular formula is C32H45N3O7. The van der Waals surface area contributed by atoms with Crippen LogP contribution in [0.15, 0.2) is 23.4 Å². The highest BCUT2D eigenvalue weighted by Gasteiger charge is 2.63. The minimum atomic E-state index is -1.32. The number of aromatic hydroxyl groups is 2. The average Bonchev–Trinajstić information content (AvgIpc) is 3.60. The Kier molecular flexibility index (Phi) is 8.54. The van der Waals surface area contributed by atoms with Gasteiger partial charge in [0.25, 0.3) is 0 Å². The highest BCUT2D eigenvalue weighted by molar-refractivity contribution is 5.93. The third-order valence-corrected chi connectivity index (χ3v) is 11.4. The lowest BCUT2D eigenvalue weighted by molar-refractivity contribution is -0.165. The van der Waals surface area contributed by atoms with Crippen molar-refractivity contribution in [3.05, 3.63) is 28.7 Å². The third-order valence-electron chi connectivity index (χ3n) is 11.4. The van der Waals surface area contributed by atoms with Crippen molar-refractivity contribution in [2.75, 3.05) is 6.54 Å². The zero-order chi connectivity index (χ0) is 30.2. The van der Waals surface area contributed by atoms with Crippen LogP contribution in [0, 0.1) is 27.6 Å². The molecule has 6 unspecified atom stereocenters. The summed E-state index contributed by atoms with van der Waals surface area (Å²) in [5.41, 5.74) is 0.469. The number of carbonyl (C=O) groups is 3. The maximum Gasteiger partial charge on any atom is 0.329 e. The predicted molar refractivity (Wildman–Crippen MR) is 155 cm³/mol. The summed E-state index contributed by atoms with van der Waals surface area (Å²) in [7, 11) is 0. The highest BCUT2D eigenvalue weighted by atomic mass is 16.5. The first-order chi connectivity index (χ1) is 20.0. The number of phenolic OH excluding ortho intramolecular Hbond substituents is 2. The van der Waals surface area contributed by atoms with E-state index in [1.807, 2.05) is 0 Å². The third kappa shape index (κ3) is 5.49. The van der Waals surface area contributed by atoms with Crippen LogP contribution in [0.4, 0.5) is 0 Å². The molecule has 10 nitrogen and oxygen atoms in total. The number of likely N-dealkylation sites (tertiary alicyclic amines) is 1. The average molecular weight is 584 g/mol. The number of hydrogen-bond donors (Lipinski definition) is 3. The molecule has 1 saturated heterocycles. The van der Waals surface area contributed by atoms with E-state index in [0.29, 0.717) is 30.9 Å². The molecule has 3 aliphatic carbocycles. The molecule has 4 fully saturated rings. The molecule has 1 aromatic rings. The number of phenols is 2. The molecule has 0 spiro atoms. The van der Waals surface area contributed by atoms with Crippen LogP contribution < -0.4 is 5.32 Å². The van der Waals surface area contributed by atoms with Crippen molar-refractivity contribution in [1.29, 1.82) is 0 Å². The van der Waals surface area contributed by atoms with Gasteiger partial charge in [0.05, 0.1) is 0 Å². The van der Waals surface area contributed by atoms with Gasteiger partial charge in [0, 0.05) is 18.4 Å². The van der Waals surface area contributed by atoms with Gasteiger partial charge in [0.2, 0.25) is 11.8 Å². The molecule has 2 bridgehead atoms. The van der Waals surface area contributed by atoms with Crippen LogP contribution in [-0.2, 0) is 25.5 Å². The number of amides is 2. The Morgan fingerprint density at radius 1 is 1.05 bits per heavy atom. The molecule has 2 amide bonds. The Labute approximate surface area is 247 Å². The van der Waals surface area contributed by atoms with Crippen LogP contribution in [0.1, 0.15) is 90.5 Å². The van der Waals surface area contributed by atoms with Crippen LogP contribution in [0.25, 0.3) is 0 Å². The van der Waals surface area contributed by atoms with Gasteiger partial charge >= 0.3 is 5.97 Å². The van der Waals surface area contributed by atoms with Crippen LogP contribution in [0.3, 0.4) is 0 Å². The number of benzene rings is 1. The second kappa shape index (κ2) is 11.8. The highest BCUT2D eigenvalue weighted by Crippen LogP contribution is 2.66. The Bertz CT molecular complexity index is 1210. The Morgan fingerprint density at radius 2 is 1.79 bits per heavy atom. The number of nitrogens with one attached hydrogen (secondary N) is 1. The van der Waals surface area contributed by atoms with E-state index in [1.54, 1.807) is 4.90 Å². The number of rotatable bonds is 9. The van der Waals surface area contributed by atoms with Crippen molar-refractivity contribution in [2.24, 2.45) is 27.8 Å². The summed E-state index contributed by atoms with van der Waals surface area (Å²) in [6.07, 6.45) is 8.45. The fraction of sp³-hybridized carbons (Fsp3) is 0.719. The standard InChI is InChI=1S/C32H45N3O7/c1-31(2)21-13-14-32(31,3)26(18-21)42-30(40)23-10-7-15-35(23)29(39)27(20-8-5-4-6-9-20)33-28(38)22(34-41)16-19-11-12-24(36)25(37)17-19/h11-12,17,20-23,26-27,36-37H,4-10,13-16,18H2,1-3H3,(H,33,38). The Hall–Kier alpha value is -3.17. The fourth-order valence-corrected chi connectivity index (χ4v) is 8.18. The molecule has 42 heavy (non-hydrogen) atoms. The topological polar surface area (TPSA) is 146 Å². The van der Waals surface area contributed by atoms with Gasteiger partial charge < -0.3 is 25.2 Å². The van der Waals surface area contributed by atoms with E-state index < -0.39 is 24.0 Å². The Balaban J connectivity index is 1.30. The molecule has 0 radical (unpaired) electrons. The fourth-order valence-electron chi connectivity index (χ4n) is 8.18. The minimum Gasteiger partial charge on any atom is -0.504 e. The summed E-state index contributed by atoms with van der Waals surface area (Å²) in [6, 6.07) is 1.18. The second-order valence-electron chi connectivity index (χ2n) is 13.8. The molecule has 1 aromatic carbocycles. The SMILES string of the molecule is CC1(C)C2CCC1(C)C(OC(=O)C1CCCN1C(=O)C(NC(=O)C(Cc1ccc(O)c(O)c1)N=O)C1CCCCC1)C2. The van der Waals surface area contributed by atoms with Crippen molar-refractivity contribution >= 4 is 17.8 Å². The summed E-state index contributed by atoms with van der Waals surface area (Å²) >= 11 is 0. The summed E-state index contributed by atoms with van der Waals surface area (Å²) in [5, 5.41) is 25.3. The van der Waals surface area contributed by atoms with Gasteiger partial charge in [-0.2, -0.15) is 0 Å². The first kappa shape index (κ1) is 30.3. The molecular weight excluding hydrogens is 538 g/mol. The largest absolute Gasteiger partial charge is 0.504 e. The Morgan fingerprint density at radius 3 is 2.40 bits per heavy atom. The zero-order valence-electron chi connectivity index (χ0n) is 25.0. The summed E-state index contributed by atoms with van der Waals surface area (Å²) in [6.45, 7) is 7.18. The molecule has 5 rings (SSSR count). The summed E-state index contributed by atoms with van der Waals surface area (Å²) < 4.78 is 6.18. The molecule has 3 saturated carbocycles. The maximum atomic E-state index is 14.1. The number of hydrogen-bond acceptors (Lipinski definition) is 8. The normalized spacial score (nSPS) is 30.1. The molecule has 1 heterocycles. The second-order valence-corrected chi connectivity index (χ2v) is 13.8. The van der Waals surface area contributed by atoms with Gasteiger partial charge in [0.15, 0.2) is 17.5 Å². The van der Waals surface area contributed by atoms with Crippen LogP contribution in [0.2, 0.25) is 0 Å². The molecule has 10 heteroatoms. The van der Waals surface area contributed by atoms with Gasteiger partial charge in [-0.05, 0) is 79.9 Å². The number of esters is 1. The number of carbonyl (C=O) groups excluding carboxylic acids is 3. The lowest BCUT2D eigenvalue weighted by Gasteiger charge is -2.39. The van der Waals surface area contributed by atoms with Crippen molar-refractivity contribution in [2.45, 2.75) is 116 Å². The van der Waals surface area contributed by atoms with Crippen molar-refractivity contribution in [3.8, 4) is 11.5 Å². The minimum absolute atomic E-state index is 0.0789. The van der Waals surface area contributed by atoms with E-state index in [2.05, 4.69) is 31.3 Å². The molecule has 6 atom stereocenters. The number of ether oxygens (including phenoxy) is 1. The predicted octanol–water partition coefficient (Wildman–Crippen LogP) is 4.59. The monoisotopic (exact) mass is 583 g/mol. The van der Waals surface area contributed by atoms with Crippen molar-refractivity contribution < 1.29 is 29.3 Å². The van der Waals surface area contributed by atoms with Crippen LogP contribution >= 0.6 is 0 Å². The number of nitrogens with zero attached hydrogens (tertiary/aromatic N) is 2. The number of fused-ring (bicyclic) bond motifs is 2. The van der Waals surface area contributed by atoms with Crippen molar-refractivity contribution in [1.82, 2.24) is 10.2 Å². The zero-order valence-corrected chi connectivity index (χ0v) is 25.0. The van der Waals surface area contributed by atoms with E-state index in [4.69, 9.17) is 4.74 Å².